The topological polar surface area (TPSA) is 72.6 Å². The smallest absolute Gasteiger partial charge is 0.269 e. The fraction of sp³-hybridized carbons (Fsp3) is 0.200. The minimum Gasteiger partial charge on any atom is -0.481 e. The van der Waals surface area contributed by atoms with Crippen molar-refractivity contribution in [1.29, 1.82) is 0 Å². The van der Waals surface area contributed by atoms with Crippen molar-refractivity contribution in [2.24, 2.45) is 0 Å². The van der Waals surface area contributed by atoms with Crippen LogP contribution in [0.3, 0.4) is 0 Å². The van der Waals surface area contributed by atoms with Gasteiger partial charge in [0.2, 0.25) is 0 Å². The Kier molecular flexibility index (Phi) is 4.13. The summed E-state index contributed by atoms with van der Waals surface area (Å²) in [6.07, 6.45) is 0. The van der Waals surface area contributed by atoms with Gasteiger partial charge in [0.05, 0.1) is 4.92 Å². The summed E-state index contributed by atoms with van der Waals surface area (Å²) in [5, 5.41) is 18.7. The van der Waals surface area contributed by atoms with Gasteiger partial charge in [0, 0.05) is 12.1 Å². The zero-order chi connectivity index (χ0) is 11.1. The van der Waals surface area contributed by atoms with E-state index in [1.807, 2.05) is 0 Å². The average Bonchev–Trinajstić information content (AvgIpc) is 2.25. The molecule has 0 spiro atoms. The second-order valence-corrected chi connectivity index (χ2v) is 2.55. The summed E-state index contributed by atoms with van der Waals surface area (Å²) < 4.78 is 5.14. The number of rotatable bonds is 3. The summed E-state index contributed by atoms with van der Waals surface area (Å²) in [5.41, 5.74) is 0.0174. The predicted octanol–water partition coefficient (Wildman–Crippen LogP) is 0.969. The Balaban J connectivity index is 2.53. The summed E-state index contributed by atoms with van der Waals surface area (Å²) >= 11 is 0. The Hall–Kier alpha value is -2.06. The highest BCUT2D eigenvalue weighted by Crippen LogP contribution is 2.16. The lowest BCUT2D eigenvalue weighted by atomic mass is 10.3. The quantitative estimate of drug-likeness (QED) is 0.455. The number of nitro groups is 1. The third-order valence-electron chi connectivity index (χ3n) is 1.56. The van der Waals surface area contributed by atoms with Crippen LogP contribution in [0, 0.1) is 22.0 Å². The Bertz CT molecular complexity index is 388. The van der Waals surface area contributed by atoms with Crippen LogP contribution in [-0.4, -0.2) is 23.2 Å². The molecule has 0 heterocycles. The molecule has 0 bridgehead atoms. The Morgan fingerprint density at radius 3 is 2.53 bits per heavy atom. The monoisotopic (exact) mass is 207 g/mol. The highest BCUT2D eigenvalue weighted by Gasteiger charge is 2.03. The van der Waals surface area contributed by atoms with E-state index in [1.54, 1.807) is 0 Å². The van der Waals surface area contributed by atoms with Crippen molar-refractivity contribution < 1.29 is 14.8 Å². The van der Waals surface area contributed by atoms with Crippen molar-refractivity contribution in [1.82, 2.24) is 0 Å². The van der Waals surface area contributed by atoms with Gasteiger partial charge in [-0.2, -0.15) is 0 Å². The molecule has 0 radical (unpaired) electrons. The third kappa shape index (κ3) is 3.67. The van der Waals surface area contributed by atoms with Gasteiger partial charge in [0.25, 0.3) is 5.69 Å². The van der Waals surface area contributed by atoms with Crippen molar-refractivity contribution >= 4 is 5.69 Å². The number of ether oxygens (including phenoxy) is 1. The first kappa shape index (κ1) is 11.0. The van der Waals surface area contributed by atoms with Gasteiger partial charge < -0.3 is 9.84 Å². The maximum Gasteiger partial charge on any atom is 0.269 e. The fourth-order valence-electron chi connectivity index (χ4n) is 0.890. The zero-order valence-corrected chi connectivity index (χ0v) is 7.84. The third-order valence-corrected chi connectivity index (χ3v) is 1.56. The van der Waals surface area contributed by atoms with Crippen molar-refractivity contribution in [3.05, 3.63) is 34.4 Å². The van der Waals surface area contributed by atoms with Crippen molar-refractivity contribution in [3.63, 3.8) is 0 Å². The molecule has 0 unspecified atom stereocenters. The maximum absolute atomic E-state index is 10.3. The first-order chi connectivity index (χ1) is 7.24. The number of nitro benzene ring substituents is 1. The Morgan fingerprint density at radius 2 is 2.00 bits per heavy atom. The molecule has 0 aromatic heterocycles. The van der Waals surface area contributed by atoms with Crippen LogP contribution in [-0.2, 0) is 0 Å². The van der Waals surface area contributed by atoms with Gasteiger partial charge >= 0.3 is 0 Å². The van der Waals surface area contributed by atoms with E-state index in [0.29, 0.717) is 5.75 Å². The molecule has 0 fully saturated rings. The number of aliphatic hydroxyl groups is 1. The summed E-state index contributed by atoms with van der Waals surface area (Å²) in [7, 11) is 0. The van der Waals surface area contributed by atoms with Crippen molar-refractivity contribution in [2.75, 3.05) is 13.2 Å². The van der Waals surface area contributed by atoms with Gasteiger partial charge in [-0.3, -0.25) is 10.1 Å². The van der Waals surface area contributed by atoms with Gasteiger partial charge in [0.15, 0.2) is 0 Å². The van der Waals surface area contributed by atoms with Gasteiger partial charge in [-0.1, -0.05) is 11.8 Å². The Morgan fingerprint density at radius 1 is 1.33 bits per heavy atom. The normalized spacial score (nSPS) is 8.87. The van der Waals surface area contributed by atoms with Crippen molar-refractivity contribution in [3.8, 4) is 17.6 Å². The number of aliphatic hydroxyl groups excluding tert-OH is 1. The standard InChI is InChI=1S/C10H9NO4/c12-7-1-2-8-15-10-5-3-9(4-6-10)11(13)14/h3-6,12H,7-8H2. The highest BCUT2D eigenvalue weighted by molar-refractivity contribution is 5.36. The highest BCUT2D eigenvalue weighted by atomic mass is 16.6. The lowest BCUT2D eigenvalue weighted by Gasteiger charge is -2.00. The summed E-state index contributed by atoms with van der Waals surface area (Å²) in [6, 6.07) is 5.71. The lowest BCUT2D eigenvalue weighted by Crippen LogP contribution is -1.94. The van der Waals surface area contributed by atoms with Crippen LogP contribution in [0.1, 0.15) is 0 Å². The summed E-state index contributed by atoms with van der Waals surface area (Å²) in [4.78, 5) is 9.85. The summed E-state index contributed by atoms with van der Waals surface area (Å²) in [6.45, 7) is -0.0536. The van der Waals surface area contributed by atoms with Gasteiger partial charge in [-0.25, -0.2) is 0 Å². The second kappa shape index (κ2) is 5.62. The first-order valence-electron chi connectivity index (χ1n) is 4.18. The van der Waals surface area contributed by atoms with E-state index in [0.717, 1.165) is 0 Å². The van der Waals surface area contributed by atoms with Crippen LogP contribution in [0.4, 0.5) is 5.69 Å². The van der Waals surface area contributed by atoms with Gasteiger partial charge in [-0.05, 0) is 12.1 Å². The molecule has 0 aliphatic carbocycles. The van der Waals surface area contributed by atoms with E-state index < -0.39 is 4.92 Å². The number of hydrogen-bond donors (Lipinski definition) is 1. The van der Waals surface area contributed by atoms with E-state index in [2.05, 4.69) is 11.8 Å². The summed E-state index contributed by atoms with van der Waals surface area (Å²) in [5.74, 6) is 5.49. The molecule has 15 heavy (non-hydrogen) atoms. The first-order valence-corrected chi connectivity index (χ1v) is 4.18. The number of non-ortho nitro benzene ring substituents is 1. The number of hydrogen-bond acceptors (Lipinski definition) is 4. The molecule has 0 aliphatic rings. The van der Waals surface area contributed by atoms with E-state index in [1.165, 1.54) is 24.3 Å². The molecule has 0 amide bonds. The lowest BCUT2D eigenvalue weighted by molar-refractivity contribution is -0.384. The van der Waals surface area contributed by atoms with Crippen LogP contribution < -0.4 is 4.74 Å². The van der Waals surface area contributed by atoms with E-state index >= 15 is 0 Å². The van der Waals surface area contributed by atoms with Crippen LogP contribution in [0.2, 0.25) is 0 Å². The number of nitrogens with zero attached hydrogens (tertiary/aromatic N) is 1. The van der Waals surface area contributed by atoms with Crippen LogP contribution >= 0.6 is 0 Å². The number of benzene rings is 1. The van der Waals surface area contributed by atoms with Gasteiger partial charge in [-0.15, -0.1) is 0 Å². The van der Waals surface area contributed by atoms with Gasteiger partial charge in [0.1, 0.15) is 19.0 Å². The molecule has 1 N–H and O–H groups in total. The molecule has 5 heteroatoms. The SMILES string of the molecule is O=[N+]([O-])c1ccc(OCC#CCO)cc1. The van der Waals surface area contributed by atoms with E-state index in [9.17, 15) is 10.1 Å². The molecular formula is C10H9NO4. The maximum atomic E-state index is 10.3. The van der Waals surface area contributed by atoms with Crippen molar-refractivity contribution in [2.45, 2.75) is 0 Å². The average molecular weight is 207 g/mol. The molecule has 5 nitrogen and oxygen atoms in total. The predicted molar refractivity (Wildman–Crippen MR) is 53.5 cm³/mol. The van der Waals surface area contributed by atoms with Crippen LogP contribution in [0.15, 0.2) is 24.3 Å². The molecule has 0 aliphatic heterocycles. The van der Waals surface area contributed by atoms with Crippen LogP contribution in [0.5, 0.6) is 5.75 Å². The molecule has 0 saturated heterocycles. The molecule has 78 valence electrons. The minimum absolute atomic E-state index is 0.0174. The fourth-order valence-corrected chi connectivity index (χ4v) is 0.890. The largest absolute Gasteiger partial charge is 0.481 e. The van der Waals surface area contributed by atoms with E-state index in [4.69, 9.17) is 9.84 Å². The molecule has 1 rings (SSSR count). The molecule has 0 saturated carbocycles. The van der Waals surface area contributed by atoms with Crippen LogP contribution in [0.25, 0.3) is 0 Å². The zero-order valence-electron chi connectivity index (χ0n) is 7.84. The molecule has 1 aromatic carbocycles. The Labute approximate surface area is 86.5 Å². The van der Waals surface area contributed by atoms with E-state index in [-0.39, 0.29) is 18.9 Å². The molecule has 1 aromatic rings. The molecular weight excluding hydrogens is 198 g/mol. The molecule has 0 atom stereocenters. The second-order valence-electron chi connectivity index (χ2n) is 2.55. The minimum atomic E-state index is -0.477.